The smallest absolute Gasteiger partial charge is 0.337 e. The molecule has 0 fully saturated rings. The molecule has 0 heterocycles. The summed E-state index contributed by atoms with van der Waals surface area (Å²) in [5, 5.41) is 0. The number of hydrogen-bond donors (Lipinski definition) is 0. The van der Waals surface area contributed by atoms with Gasteiger partial charge in [-0.2, -0.15) is 0 Å². The van der Waals surface area contributed by atoms with E-state index in [4.69, 9.17) is 4.74 Å². The van der Waals surface area contributed by atoms with E-state index in [2.05, 4.69) is 11.7 Å². The highest BCUT2D eigenvalue weighted by atomic mass is 16.5. The number of allylic oxidation sites excluding steroid dienone is 1. The molecular weight excluding hydrogens is 232 g/mol. The van der Waals surface area contributed by atoms with Crippen LogP contribution in [0.4, 0.5) is 0 Å². The van der Waals surface area contributed by atoms with Gasteiger partial charge >= 0.3 is 11.9 Å². The number of esters is 2. The van der Waals surface area contributed by atoms with Crippen molar-refractivity contribution in [3.8, 4) is 0 Å². The normalized spacial score (nSPS) is 11.6. The van der Waals surface area contributed by atoms with Crippen molar-refractivity contribution in [1.82, 2.24) is 0 Å². The average molecular weight is 254 g/mol. The van der Waals surface area contributed by atoms with Gasteiger partial charge in [0.25, 0.3) is 0 Å². The Labute approximate surface area is 109 Å². The molecule has 0 N–H and O–H groups in total. The second kappa shape index (κ2) is 10.6. The van der Waals surface area contributed by atoms with Crippen molar-refractivity contribution < 1.29 is 19.1 Å². The van der Waals surface area contributed by atoms with E-state index < -0.39 is 0 Å². The van der Waals surface area contributed by atoms with Crippen LogP contribution >= 0.6 is 0 Å². The second-order valence-electron chi connectivity index (χ2n) is 3.85. The van der Waals surface area contributed by atoms with Crippen LogP contribution in [0.15, 0.2) is 23.8 Å². The fourth-order valence-electron chi connectivity index (χ4n) is 1.33. The molecule has 0 aliphatic heterocycles. The van der Waals surface area contributed by atoms with Crippen molar-refractivity contribution in [2.75, 3.05) is 13.7 Å². The SMILES string of the molecule is CCCCC/C=C(/C=C\COC(C)=O)C(=O)OC. The number of unbranched alkanes of at least 4 members (excludes halogenated alkanes) is 3. The van der Waals surface area contributed by atoms with E-state index in [1.54, 1.807) is 12.2 Å². The molecule has 4 heteroatoms. The van der Waals surface area contributed by atoms with Crippen LogP contribution in [-0.2, 0) is 19.1 Å². The molecule has 0 rings (SSSR count). The van der Waals surface area contributed by atoms with Crippen LogP contribution in [0, 0.1) is 0 Å². The first-order valence-electron chi connectivity index (χ1n) is 6.20. The molecule has 0 bridgehead atoms. The van der Waals surface area contributed by atoms with Gasteiger partial charge in [-0.3, -0.25) is 4.79 Å². The number of hydrogen-bond acceptors (Lipinski definition) is 4. The van der Waals surface area contributed by atoms with E-state index in [1.807, 2.05) is 6.08 Å². The Morgan fingerprint density at radius 2 is 1.94 bits per heavy atom. The molecular formula is C14H22O4. The molecule has 0 atom stereocenters. The highest BCUT2D eigenvalue weighted by Gasteiger charge is 2.04. The van der Waals surface area contributed by atoms with Crippen molar-refractivity contribution in [2.45, 2.75) is 39.5 Å². The van der Waals surface area contributed by atoms with Gasteiger partial charge in [0.1, 0.15) is 6.61 Å². The van der Waals surface area contributed by atoms with Gasteiger partial charge in [0.2, 0.25) is 0 Å². The lowest BCUT2D eigenvalue weighted by Gasteiger charge is -2.01. The van der Waals surface area contributed by atoms with Crippen LogP contribution in [-0.4, -0.2) is 25.7 Å². The third-order valence-electron chi connectivity index (χ3n) is 2.27. The van der Waals surface area contributed by atoms with Crippen molar-refractivity contribution in [1.29, 1.82) is 0 Å². The Balaban J connectivity index is 4.30. The molecule has 102 valence electrons. The van der Waals surface area contributed by atoms with E-state index in [-0.39, 0.29) is 18.5 Å². The molecule has 0 aliphatic rings. The highest BCUT2D eigenvalue weighted by Crippen LogP contribution is 2.06. The Kier molecular flexibility index (Phi) is 9.64. The van der Waals surface area contributed by atoms with E-state index in [9.17, 15) is 9.59 Å². The van der Waals surface area contributed by atoms with Gasteiger partial charge < -0.3 is 9.47 Å². The summed E-state index contributed by atoms with van der Waals surface area (Å²) in [5.41, 5.74) is 0.501. The molecule has 0 aromatic carbocycles. The monoisotopic (exact) mass is 254 g/mol. The largest absolute Gasteiger partial charge is 0.465 e. The zero-order chi connectivity index (χ0) is 13.8. The predicted molar refractivity (Wildman–Crippen MR) is 70.0 cm³/mol. The lowest BCUT2D eigenvalue weighted by Crippen LogP contribution is -2.03. The Bertz CT molecular complexity index is 316. The summed E-state index contributed by atoms with van der Waals surface area (Å²) in [4.78, 5) is 22.0. The topological polar surface area (TPSA) is 52.6 Å². The standard InChI is InChI=1S/C14H22O4/c1-4-5-6-7-9-13(14(16)17-3)10-8-11-18-12(2)15/h8-10H,4-7,11H2,1-3H3/b10-8-,13-9-. The molecule has 0 unspecified atom stereocenters. The fraction of sp³-hybridized carbons (Fsp3) is 0.571. The zero-order valence-corrected chi connectivity index (χ0v) is 11.4. The van der Waals surface area contributed by atoms with E-state index in [1.165, 1.54) is 14.0 Å². The van der Waals surface area contributed by atoms with Crippen molar-refractivity contribution in [3.05, 3.63) is 23.8 Å². The van der Waals surface area contributed by atoms with Gasteiger partial charge in [-0.15, -0.1) is 0 Å². The minimum atomic E-state index is -0.370. The molecule has 4 nitrogen and oxygen atoms in total. The van der Waals surface area contributed by atoms with Crippen LogP contribution in [0.25, 0.3) is 0 Å². The summed E-state index contributed by atoms with van der Waals surface area (Å²) in [5.74, 6) is -0.711. The Morgan fingerprint density at radius 1 is 1.22 bits per heavy atom. The summed E-state index contributed by atoms with van der Waals surface area (Å²) >= 11 is 0. The number of rotatable bonds is 8. The number of methoxy groups -OCH3 is 1. The van der Waals surface area contributed by atoms with Gasteiger partial charge in [0.15, 0.2) is 0 Å². The quantitative estimate of drug-likeness (QED) is 0.289. The Morgan fingerprint density at radius 3 is 2.50 bits per heavy atom. The molecule has 0 aliphatic carbocycles. The molecule has 0 spiro atoms. The highest BCUT2D eigenvalue weighted by molar-refractivity contribution is 5.91. The molecule has 0 amide bonds. The molecule has 0 aromatic rings. The van der Waals surface area contributed by atoms with Crippen molar-refractivity contribution in [2.24, 2.45) is 0 Å². The third kappa shape index (κ3) is 8.56. The van der Waals surface area contributed by atoms with E-state index in [0.29, 0.717) is 5.57 Å². The first kappa shape index (κ1) is 16.4. The zero-order valence-electron chi connectivity index (χ0n) is 11.4. The number of carbonyl (C=O) groups excluding carboxylic acids is 2. The Hall–Kier alpha value is -1.58. The maximum atomic E-state index is 11.5. The minimum Gasteiger partial charge on any atom is -0.465 e. The molecule has 0 aromatic heterocycles. The third-order valence-corrected chi connectivity index (χ3v) is 2.27. The molecule has 0 saturated heterocycles. The maximum Gasteiger partial charge on any atom is 0.337 e. The average Bonchev–Trinajstić information content (AvgIpc) is 2.35. The molecule has 0 radical (unpaired) electrons. The predicted octanol–water partition coefficient (Wildman–Crippen LogP) is 2.79. The number of carbonyl (C=O) groups is 2. The first-order chi connectivity index (χ1) is 8.61. The summed E-state index contributed by atoms with van der Waals surface area (Å²) in [7, 11) is 1.35. The van der Waals surface area contributed by atoms with Crippen LogP contribution in [0.1, 0.15) is 39.5 Å². The fourth-order valence-corrected chi connectivity index (χ4v) is 1.33. The summed E-state index contributed by atoms with van der Waals surface area (Å²) in [6.45, 7) is 3.64. The van der Waals surface area contributed by atoms with Crippen LogP contribution in [0.5, 0.6) is 0 Å². The van der Waals surface area contributed by atoms with Gasteiger partial charge in [-0.05, 0) is 25.0 Å². The van der Waals surface area contributed by atoms with Crippen molar-refractivity contribution >= 4 is 11.9 Å². The maximum absolute atomic E-state index is 11.5. The minimum absolute atomic E-state index is 0.165. The van der Waals surface area contributed by atoms with Crippen molar-refractivity contribution in [3.63, 3.8) is 0 Å². The van der Waals surface area contributed by atoms with E-state index in [0.717, 1.165) is 25.7 Å². The van der Waals surface area contributed by atoms with Gasteiger partial charge in [-0.25, -0.2) is 4.79 Å². The van der Waals surface area contributed by atoms with E-state index >= 15 is 0 Å². The lowest BCUT2D eigenvalue weighted by molar-refractivity contribution is -0.139. The van der Waals surface area contributed by atoms with Crippen LogP contribution in [0.2, 0.25) is 0 Å². The van der Waals surface area contributed by atoms with Gasteiger partial charge in [0, 0.05) is 6.92 Å². The van der Waals surface area contributed by atoms with Gasteiger partial charge in [0.05, 0.1) is 12.7 Å². The van der Waals surface area contributed by atoms with Gasteiger partial charge in [-0.1, -0.05) is 25.8 Å². The summed E-state index contributed by atoms with van der Waals surface area (Å²) in [6, 6.07) is 0. The molecule has 18 heavy (non-hydrogen) atoms. The molecule has 0 saturated carbocycles. The lowest BCUT2D eigenvalue weighted by atomic mass is 10.1. The second-order valence-corrected chi connectivity index (χ2v) is 3.85. The summed E-state index contributed by atoms with van der Waals surface area (Å²) < 4.78 is 9.42. The van der Waals surface area contributed by atoms with Crippen LogP contribution < -0.4 is 0 Å². The summed E-state index contributed by atoms with van der Waals surface area (Å²) in [6.07, 6.45) is 9.28. The van der Waals surface area contributed by atoms with Crippen LogP contribution in [0.3, 0.4) is 0 Å². The number of ether oxygens (including phenoxy) is 2. The first-order valence-corrected chi connectivity index (χ1v) is 6.20.